The molecule has 0 spiro atoms. The molecule has 0 aliphatic carbocycles. The van der Waals surface area contributed by atoms with E-state index in [2.05, 4.69) is 23.7 Å². The zero-order chi connectivity index (χ0) is 22.8. The number of hydrogen-bond donors (Lipinski definition) is 1. The van der Waals surface area contributed by atoms with Crippen molar-refractivity contribution < 1.29 is 14.3 Å². The third kappa shape index (κ3) is 4.35. The van der Waals surface area contributed by atoms with Gasteiger partial charge in [-0.05, 0) is 62.9 Å². The van der Waals surface area contributed by atoms with Crippen LogP contribution in [0.25, 0.3) is 11.0 Å². The van der Waals surface area contributed by atoms with Gasteiger partial charge in [0.25, 0.3) is 0 Å². The second-order valence-electron chi connectivity index (χ2n) is 8.92. The Balaban J connectivity index is 1.82. The Bertz CT molecular complexity index is 1160. The molecule has 6 heteroatoms. The highest BCUT2D eigenvalue weighted by molar-refractivity contribution is 5.94. The van der Waals surface area contributed by atoms with Crippen LogP contribution in [0, 0.1) is 5.92 Å². The molecule has 4 rings (SSSR count). The summed E-state index contributed by atoms with van der Waals surface area (Å²) in [6, 6.07) is 15.6. The van der Waals surface area contributed by atoms with Crippen LogP contribution in [-0.2, 0) is 9.53 Å². The summed E-state index contributed by atoms with van der Waals surface area (Å²) < 4.78 is 13.7. The van der Waals surface area contributed by atoms with Crippen LogP contribution in [0.5, 0.6) is 5.75 Å². The minimum absolute atomic E-state index is 0.213. The molecule has 1 aromatic heterocycles. The number of nitrogens with zero attached hydrogens (tertiary/aromatic N) is 2. The van der Waals surface area contributed by atoms with Crippen LogP contribution in [0.3, 0.4) is 0 Å². The van der Waals surface area contributed by atoms with E-state index in [0.29, 0.717) is 24.0 Å². The molecule has 2 heterocycles. The Morgan fingerprint density at radius 1 is 1.12 bits per heavy atom. The monoisotopic (exact) mass is 433 g/mol. The largest absolute Gasteiger partial charge is 0.494 e. The molecule has 168 valence electrons. The van der Waals surface area contributed by atoms with Crippen molar-refractivity contribution in [2.45, 2.75) is 53.2 Å². The van der Waals surface area contributed by atoms with E-state index in [1.54, 1.807) is 0 Å². The van der Waals surface area contributed by atoms with E-state index < -0.39 is 0 Å². The molecule has 3 aromatic rings. The number of aromatic nitrogens is 2. The van der Waals surface area contributed by atoms with Gasteiger partial charge in [0.1, 0.15) is 5.75 Å². The summed E-state index contributed by atoms with van der Waals surface area (Å²) in [5.41, 5.74) is 4.10. The van der Waals surface area contributed by atoms with Gasteiger partial charge in [0.2, 0.25) is 5.95 Å². The summed E-state index contributed by atoms with van der Waals surface area (Å²) in [5, 5.41) is 3.31. The molecule has 2 aromatic carbocycles. The van der Waals surface area contributed by atoms with Gasteiger partial charge in [-0.3, -0.25) is 4.57 Å². The van der Waals surface area contributed by atoms with E-state index in [1.807, 2.05) is 69.3 Å². The van der Waals surface area contributed by atoms with Crippen molar-refractivity contribution in [2.75, 3.05) is 11.9 Å². The van der Waals surface area contributed by atoms with Gasteiger partial charge in [-0.25, -0.2) is 9.78 Å². The van der Waals surface area contributed by atoms with E-state index in [-0.39, 0.29) is 18.1 Å². The number of rotatable bonds is 7. The second kappa shape index (κ2) is 9.07. The molecule has 1 atom stereocenters. The fraction of sp³-hybridized carbons (Fsp3) is 0.385. The van der Waals surface area contributed by atoms with Gasteiger partial charge in [0.15, 0.2) is 0 Å². The SMILES string of the molecule is CC1=C(C(=O)OC(C)C)[C@@H](c2cccc(OCCC(C)C)c2)n2c(nc3ccccc32)N1. The maximum Gasteiger partial charge on any atom is 0.338 e. The number of carbonyl (C=O) groups is 1. The zero-order valence-electron chi connectivity index (χ0n) is 19.4. The number of imidazole rings is 1. The molecule has 6 nitrogen and oxygen atoms in total. The first-order chi connectivity index (χ1) is 15.3. The number of carbonyl (C=O) groups excluding carboxylic acids is 1. The molecular weight excluding hydrogens is 402 g/mol. The number of allylic oxidation sites excluding steroid dienone is 1. The topological polar surface area (TPSA) is 65.4 Å². The van der Waals surface area contributed by atoms with Gasteiger partial charge in [-0.2, -0.15) is 0 Å². The van der Waals surface area contributed by atoms with Gasteiger partial charge in [-0.15, -0.1) is 0 Å². The molecule has 32 heavy (non-hydrogen) atoms. The summed E-state index contributed by atoms with van der Waals surface area (Å²) in [4.78, 5) is 18.0. The van der Waals surface area contributed by atoms with Crippen molar-refractivity contribution in [1.29, 1.82) is 0 Å². The lowest BCUT2D eigenvalue weighted by Gasteiger charge is -2.30. The number of esters is 1. The molecule has 0 amide bonds. The van der Waals surface area contributed by atoms with E-state index >= 15 is 0 Å². The lowest BCUT2D eigenvalue weighted by atomic mass is 9.95. The van der Waals surface area contributed by atoms with Crippen molar-refractivity contribution in [3.63, 3.8) is 0 Å². The first kappa shape index (κ1) is 21.9. The number of fused-ring (bicyclic) bond motifs is 3. The minimum Gasteiger partial charge on any atom is -0.494 e. The predicted octanol–water partition coefficient (Wildman–Crippen LogP) is 5.70. The average Bonchev–Trinajstić information content (AvgIpc) is 3.10. The predicted molar refractivity (Wildman–Crippen MR) is 127 cm³/mol. The van der Waals surface area contributed by atoms with Crippen molar-refractivity contribution in [1.82, 2.24) is 9.55 Å². The van der Waals surface area contributed by atoms with E-state index in [1.165, 1.54) is 0 Å². The van der Waals surface area contributed by atoms with Crippen LogP contribution in [0.1, 0.15) is 52.6 Å². The number of benzene rings is 2. The molecule has 0 unspecified atom stereocenters. The maximum atomic E-state index is 13.2. The smallest absolute Gasteiger partial charge is 0.338 e. The Labute approximate surface area is 189 Å². The van der Waals surface area contributed by atoms with Gasteiger partial charge in [0.05, 0.1) is 35.4 Å². The first-order valence-electron chi connectivity index (χ1n) is 11.2. The van der Waals surface area contributed by atoms with Crippen LogP contribution < -0.4 is 10.1 Å². The Hall–Kier alpha value is -3.28. The summed E-state index contributed by atoms with van der Waals surface area (Å²) in [7, 11) is 0. The Morgan fingerprint density at radius 2 is 1.91 bits per heavy atom. The van der Waals surface area contributed by atoms with E-state index in [4.69, 9.17) is 14.5 Å². The molecule has 0 radical (unpaired) electrons. The molecule has 0 saturated heterocycles. The lowest BCUT2D eigenvalue weighted by Crippen LogP contribution is -2.30. The van der Waals surface area contributed by atoms with Crippen LogP contribution in [0.2, 0.25) is 0 Å². The number of anilines is 1. The van der Waals surface area contributed by atoms with Crippen molar-refractivity contribution in [3.05, 3.63) is 65.4 Å². The van der Waals surface area contributed by atoms with Crippen LogP contribution in [-0.4, -0.2) is 28.2 Å². The number of nitrogens with one attached hydrogen (secondary N) is 1. The van der Waals surface area contributed by atoms with E-state index in [0.717, 1.165) is 34.5 Å². The minimum atomic E-state index is -0.376. The van der Waals surface area contributed by atoms with Gasteiger partial charge in [0, 0.05) is 5.70 Å². The molecule has 1 N–H and O–H groups in total. The third-order valence-electron chi connectivity index (χ3n) is 5.53. The molecule has 0 bridgehead atoms. The van der Waals surface area contributed by atoms with Crippen molar-refractivity contribution in [3.8, 4) is 5.75 Å². The van der Waals surface area contributed by atoms with Crippen molar-refractivity contribution >= 4 is 23.0 Å². The van der Waals surface area contributed by atoms with Gasteiger partial charge in [-0.1, -0.05) is 38.1 Å². The Morgan fingerprint density at radius 3 is 2.66 bits per heavy atom. The quantitative estimate of drug-likeness (QED) is 0.484. The molecule has 1 aliphatic rings. The average molecular weight is 434 g/mol. The summed E-state index contributed by atoms with van der Waals surface area (Å²) in [6.07, 6.45) is 0.772. The number of ether oxygens (including phenoxy) is 2. The fourth-order valence-electron chi connectivity index (χ4n) is 4.01. The standard InChI is InChI=1S/C26H31N3O3/c1-16(2)13-14-31-20-10-8-9-19(15-20)24-23(25(30)32-17(3)4)18(5)27-26-28-21-11-6-7-12-22(21)29(24)26/h6-12,15-17,24H,13-14H2,1-5H3,(H,27,28)/t24-/m1/s1. The maximum absolute atomic E-state index is 13.2. The fourth-order valence-corrected chi connectivity index (χ4v) is 4.01. The summed E-state index contributed by atoms with van der Waals surface area (Å²) in [5.74, 6) is 1.75. The highest BCUT2D eigenvalue weighted by atomic mass is 16.5. The van der Waals surface area contributed by atoms with Gasteiger partial charge < -0.3 is 14.8 Å². The van der Waals surface area contributed by atoms with Crippen LogP contribution in [0.4, 0.5) is 5.95 Å². The zero-order valence-corrected chi connectivity index (χ0v) is 19.4. The highest BCUT2D eigenvalue weighted by Gasteiger charge is 2.35. The van der Waals surface area contributed by atoms with Crippen LogP contribution in [0.15, 0.2) is 59.8 Å². The van der Waals surface area contributed by atoms with Gasteiger partial charge >= 0.3 is 5.97 Å². The number of hydrogen-bond acceptors (Lipinski definition) is 5. The molecule has 0 fully saturated rings. The summed E-state index contributed by atoms with van der Waals surface area (Å²) >= 11 is 0. The van der Waals surface area contributed by atoms with E-state index in [9.17, 15) is 4.79 Å². The highest BCUT2D eigenvalue weighted by Crippen LogP contribution is 2.40. The molecule has 0 saturated carbocycles. The van der Waals surface area contributed by atoms with Crippen molar-refractivity contribution in [2.24, 2.45) is 5.92 Å². The molecular formula is C26H31N3O3. The summed E-state index contributed by atoms with van der Waals surface area (Å²) in [6.45, 7) is 10.6. The normalized spacial score (nSPS) is 15.8. The van der Waals surface area contributed by atoms with Crippen LogP contribution >= 0.6 is 0 Å². The Kier molecular flexibility index (Phi) is 6.21. The number of para-hydroxylation sites is 2. The third-order valence-corrected chi connectivity index (χ3v) is 5.53. The lowest BCUT2D eigenvalue weighted by molar-refractivity contribution is -0.143. The first-order valence-corrected chi connectivity index (χ1v) is 11.2. The molecule has 1 aliphatic heterocycles. The second-order valence-corrected chi connectivity index (χ2v) is 8.92.